The summed E-state index contributed by atoms with van der Waals surface area (Å²) in [5.74, 6) is 1.36. The highest BCUT2D eigenvalue weighted by molar-refractivity contribution is 5.91. The average molecular weight is 372 g/mol. The summed E-state index contributed by atoms with van der Waals surface area (Å²) in [7, 11) is 4.27. The zero-order chi connectivity index (χ0) is 19.2. The van der Waals surface area contributed by atoms with Crippen LogP contribution in [0.2, 0.25) is 0 Å². The van der Waals surface area contributed by atoms with Gasteiger partial charge in [-0.3, -0.25) is 4.79 Å². The first-order chi connectivity index (χ1) is 12.9. The van der Waals surface area contributed by atoms with Gasteiger partial charge in [0.2, 0.25) is 5.82 Å². The molecule has 3 aliphatic rings. The van der Waals surface area contributed by atoms with Crippen LogP contribution in [-0.2, 0) is 0 Å². The molecule has 0 bridgehead atoms. The van der Waals surface area contributed by atoms with Gasteiger partial charge in [-0.25, -0.2) is 9.97 Å². The molecule has 0 N–H and O–H groups in total. The number of likely N-dealkylation sites (tertiary alicyclic amines) is 1. The summed E-state index contributed by atoms with van der Waals surface area (Å²) in [6.07, 6.45) is 7.38. The largest absolute Gasteiger partial charge is 0.355 e. The second-order valence-electron chi connectivity index (χ2n) is 9.12. The maximum Gasteiger partial charge on any atom is 0.291 e. The zero-order valence-corrected chi connectivity index (χ0v) is 17.3. The molecule has 3 fully saturated rings. The highest BCUT2D eigenvalue weighted by Crippen LogP contribution is 2.47. The van der Waals surface area contributed by atoms with Crippen molar-refractivity contribution in [3.8, 4) is 0 Å². The topological polar surface area (TPSA) is 52.6 Å². The number of anilines is 1. The Hall–Kier alpha value is -1.69. The van der Waals surface area contributed by atoms with Crippen LogP contribution in [0.5, 0.6) is 0 Å². The smallest absolute Gasteiger partial charge is 0.291 e. The lowest BCUT2D eigenvalue weighted by atomic mass is 9.64. The molecule has 0 aromatic carbocycles. The third-order valence-corrected chi connectivity index (χ3v) is 7.11. The minimum atomic E-state index is 0.0219. The molecule has 6 heteroatoms. The second-order valence-corrected chi connectivity index (χ2v) is 9.12. The Morgan fingerprint density at radius 1 is 1.11 bits per heavy atom. The number of nitrogens with zero attached hydrogens (tertiary/aromatic N) is 5. The van der Waals surface area contributed by atoms with Crippen molar-refractivity contribution in [3.63, 3.8) is 0 Å². The van der Waals surface area contributed by atoms with E-state index in [9.17, 15) is 4.79 Å². The molecule has 1 spiro atoms. The summed E-state index contributed by atoms with van der Waals surface area (Å²) in [5, 5.41) is 0. The van der Waals surface area contributed by atoms with E-state index in [1.54, 1.807) is 0 Å². The summed E-state index contributed by atoms with van der Waals surface area (Å²) in [4.78, 5) is 29.2. The van der Waals surface area contributed by atoms with Crippen molar-refractivity contribution in [2.75, 3.05) is 45.2 Å². The van der Waals surface area contributed by atoms with Gasteiger partial charge in [0.05, 0.1) is 0 Å². The Balaban J connectivity index is 1.56. The molecule has 1 aromatic heterocycles. The lowest BCUT2D eigenvalue weighted by Gasteiger charge is -2.48. The third-order valence-electron chi connectivity index (χ3n) is 7.11. The number of rotatable bonds is 3. The van der Waals surface area contributed by atoms with Gasteiger partial charge in [0.1, 0.15) is 5.82 Å². The molecule has 2 saturated heterocycles. The number of carbonyl (C=O) groups is 1. The van der Waals surface area contributed by atoms with Gasteiger partial charge in [-0.1, -0.05) is 6.42 Å². The molecule has 1 aliphatic carbocycles. The molecule has 6 nitrogen and oxygen atoms in total. The number of likely N-dealkylation sites (N-methyl/N-ethyl adjacent to an activating group) is 1. The standard InChI is InChI=1S/C21H33N5O/c1-15-16(2)22-18(23-19(15)25-12-7-17(13-25)24(3)4)20(27)26-11-6-10-21(14-26)8-5-9-21/h17H,5-14H2,1-4H3/t17-/m1/s1. The van der Waals surface area contributed by atoms with E-state index in [0.717, 1.165) is 56.1 Å². The molecule has 0 radical (unpaired) electrons. The Morgan fingerprint density at radius 2 is 1.85 bits per heavy atom. The molecule has 1 saturated carbocycles. The summed E-state index contributed by atoms with van der Waals surface area (Å²) >= 11 is 0. The van der Waals surface area contributed by atoms with Crippen LogP contribution in [0.3, 0.4) is 0 Å². The van der Waals surface area contributed by atoms with Crippen molar-refractivity contribution < 1.29 is 4.79 Å². The molecule has 3 heterocycles. The van der Waals surface area contributed by atoms with Crippen LogP contribution >= 0.6 is 0 Å². The lowest BCUT2D eigenvalue weighted by Crippen LogP contribution is -2.49. The summed E-state index contributed by atoms with van der Waals surface area (Å²) in [5.41, 5.74) is 2.41. The Labute approximate surface area is 162 Å². The van der Waals surface area contributed by atoms with Gasteiger partial charge in [-0.15, -0.1) is 0 Å². The van der Waals surface area contributed by atoms with Crippen LogP contribution in [-0.4, -0.2) is 72.0 Å². The fourth-order valence-corrected chi connectivity index (χ4v) is 4.98. The van der Waals surface area contributed by atoms with E-state index in [-0.39, 0.29) is 5.91 Å². The van der Waals surface area contributed by atoms with Crippen LogP contribution in [0.4, 0.5) is 5.82 Å². The zero-order valence-electron chi connectivity index (χ0n) is 17.3. The Kier molecular flexibility index (Phi) is 4.87. The maximum absolute atomic E-state index is 13.2. The van der Waals surface area contributed by atoms with Gasteiger partial charge in [0, 0.05) is 43.5 Å². The number of aromatic nitrogens is 2. The van der Waals surface area contributed by atoms with Gasteiger partial charge < -0.3 is 14.7 Å². The quantitative estimate of drug-likeness (QED) is 0.818. The molecule has 2 aliphatic heterocycles. The van der Waals surface area contributed by atoms with Crippen LogP contribution in [0.15, 0.2) is 0 Å². The van der Waals surface area contributed by atoms with E-state index in [0.29, 0.717) is 17.3 Å². The molecular formula is C21H33N5O. The molecule has 27 heavy (non-hydrogen) atoms. The normalized spacial score (nSPS) is 24.6. The predicted molar refractivity (Wildman–Crippen MR) is 107 cm³/mol. The van der Waals surface area contributed by atoms with E-state index in [2.05, 4.69) is 35.8 Å². The van der Waals surface area contributed by atoms with E-state index in [1.807, 2.05) is 11.8 Å². The lowest BCUT2D eigenvalue weighted by molar-refractivity contribution is 0.0178. The van der Waals surface area contributed by atoms with Crippen molar-refractivity contribution in [1.82, 2.24) is 19.8 Å². The molecule has 1 amide bonds. The Bertz CT molecular complexity index is 728. The summed E-state index contributed by atoms with van der Waals surface area (Å²) in [6.45, 7) is 7.76. The summed E-state index contributed by atoms with van der Waals surface area (Å²) in [6, 6.07) is 0.541. The van der Waals surface area contributed by atoms with Gasteiger partial charge in [-0.05, 0) is 65.5 Å². The summed E-state index contributed by atoms with van der Waals surface area (Å²) < 4.78 is 0. The third kappa shape index (κ3) is 3.44. The van der Waals surface area contributed by atoms with Crippen molar-refractivity contribution >= 4 is 11.7 Å². The van der Waals surface area contributed by atoms with Crippen LogP contribution in [0.1, 0.15) is 60.4 Å². The van der Waals surface area contributed by atoms with E-state index < -0.39 is 0 Å². The van der Waals surface area contributed by atoms with E-state index in [1.165, 1.54) is 25.7 Å². The number of piperidine rings is 1. The van der Waals surface area contributed by atoms with Gasteiger partial charge >= 0.3 is 0 Å². The van der Waals surface area contributed by atoms with Crippen LogP contribution in [0.25, 0.3) is 0 Å². The average Bonchev–Trinajstić information content (AvgIpc) is 3.12. The highest BCUT2D eigenvalue weighted by Gasteiger charge is 2.42. The molecule has 1 atom stereocenters. The number of aryl methyl sites for hydroxylation is 1. The minimum absolute atomic E-state index is 0.0219. The number of carbonyl (C=O) groups excluding carboxylic acids is 1. The van der Waals surface area contributed by atoms with Gasteiger partial charge in [0.25, 0.3) is 5.91 Å². The molecular weight excluding hydrogens is 338 g/mol. The highest BCUT2D eigenvalue weighted by atomic mass is 16.2. The van der Waals surface area contributed by atoms with Crippen LogP contribution < -0.4 is 4.90 Å². The molecule has 1 aromatic rings. The first-order valence-electron chi connectivity index (χ1n) is 10.4. The first kappa shape index (κ1) is 18.7. The minimum Gasteiger partial charge on any atom is -0.355 e. The fourth-order valence-electron chi connectivity index (χ4n) is 4.98. The van der Waals surface area contributed by atoms with Crippen molar-refractivity contribution in [2.24, 2.45) is 5.41 Å². The molecule has 0 unspecified atom stereocenters. The van der Waals surface area contributed by atoms with E-state index >= 15 is 0 Å². The van der Waals surface area contributed by atoms with Gasteiger partial charge in [-0.2, -0.15) is 0 Å². The maximum atomic E-state index is 13.2. The molecule has 4 rings (SSSR count). The number of hydrogen-bond donors (Lipinski definition) is 0. The van der Waals surface area contributed by atoms with Crippen molar-refractivity contribution in [3.05, 3.63) is 17.1 Å². The fraction of sp³-hybridized carbons (Fsp3) is 0.762. The predicted octanol–water partition coefficient (Wildman–Crippen LogP) is 2.64. The van der Waals surface area contributed by atoms with Crippen molar-refractivity contribution in [2.45, 2.75) is 58.4 Å². The number of amides is 1. The van der Waals surface area contributed by atoms with Gasteiger partial charge in [0.15, 0.2) is 0 Å². The van der Waals surface area contributed by atoms with E-state index in [4.69, 9.17) is 4.98 Å². The first-order valence-corrected chi connectivity index (χ1v) is 10.4. The van der Waals surface area contributed by atoms with Crippen molar-refractivity contribution in [1.29, 1.82) is 0 Å². The second kappa shape index (κ2) is 7.04. The van der Waals surface area contributed by atoms with Crippen LogP contribution in [0, 0.1) is 19.3 Å². The monoisotopic (exact) mass is 371 g/mol. The SMILES string of the molecule is Cc1nc(C(=O)N2CCCC3(CCC3)C2)nc(N2CC[C@@H](N(C)C)C2)c1C. The number of hydrogen-bond acceptors (Lipinski definition) is 5. The molecule has 148 valence electrons. The Morgan fingerprint density at radius 3 is 2.48 bits per heavy atom.